The number of benzene rings is 3. The van der Waals surface area contributed by atoms with Gasteiger partial charge in [-0.15, -0.1) is 0 Å². The Bertz CT molecular complexity index is 1190. The summed E-state index contributed by atoms with van der Waals surface area (Å²) < 4.78 is 0. The fraction of sp³-hybridized carbons (Fsp3) is 0.167. The van der Waals surface area contributed by atoms with Crippen molar-refractivity contribution >= 4 is 33.6 Å². The summed E-state index contributed by atoms with van der Waals surface area (Å²) in [4.78, 5) is 27.5. The molecule has 30 heavy (non-hydrogen) atoms. The number of aliphatic hydroxyl groups excluding tert-OH is 1. The molecule has 4 rings (SSSR count). The molecule has 0 bridgehead atoms. The fourth-order valence-corrected chi connectivity index (χ4v) is 3.79. The molecule has 0 amide bonds. The van der Waals surface area contributed by atoms with Crippen LogP contribution < -0.4 is 0 Å². The summed E-state index contributed by atoms with van der Waals surface area (Å²) in [6.07, 6.45) is 1.84. The minimum Gasteiger partial charge on any atom is -0.511 e. The van der Waals surface area contributed by atoms with E-state index in [1.54, 1.807) is 12.1 Å². The van der Waals surface area contributed by atoms with E-state index in [2.05, 4.69) is 4.99 Å². The number of nitrogens with zero attached hydrogens (tertiary/aromatic N) is 2. The summed E-state index contributed by atoms with van der Waals surface area (Å²) in [7, 11) is 0. The molecular weight excluding hydrogens is 380 g/mol. The Morgan fingerprint density at radius 1 is 1.00 bits per heavy atom. The lowest BCUT2D eigenvalue weighted by molar-refractivity contribution is -0.384. The number of nitro benzene ring substituents is 1. The van der Waals surface area contributed by atoms with Gasteiger partial charge < -0.3 is 5.11 Å². The summed E-state index contributed by atoms with van der Waals surface area (Å²) in [5.41, 5.74) is 2.23. The molecule has 1 saturated carbocycles. The number of aliphatic hydroxyl groups is 1. The third-order valence-corrected chi connectivity index (χ3v) is 5.24. The van der Waals surface area contributed by atoms with Crippen LogP contribution in [0.3, 0.4) is 0 Å². The molecule has 0 heterocycles. The number of hydrogen-bond acceptors (Lipinski definition) is 5. The average Bonchev–Trinajstić information content (AvgIpc) is 2.74. The maximum atomic E-state index is 12.6. The molecule has 6 heteroatoms. The van der Waals surface area contributed by atoms with E-state index in [1.807, 2.05) is 42.5 Å². The maximum Gasteiger partial charge on any atom is 0.269 e. The van der Waals surface area contributed by atoms with Crippen LogP contribution in [-0.4, -0.2) is 21.5 Å². The number of aliphatic imine (C=N–C) groups is 1. The van der Waals surface area contributed by atoms with Crippen molar-refractivity contribution in [2.24, 2.45) is 4.99 Å². The predicted molar refractivity (Wildman–Crippen MR) is 116 cm³/mol. The molecule has 0 saturated heterocycles. The van der Waals surface area contributed by atoms with Gasteiger partial charge in [0.2, 0.25) is 0 Å². The maximum absolute atomic E-state index is 12.6. The Hall–Kier alpha value is -3.80. The largest absolute Gasteiger partial charge is 0.511 e. The van der Waals surface area contributed by atoms with Crippen LogP contribution in [0.25, 0.3) is 10.8 Å². The van der Waals surface area contributed by atoms with Gasteiger partial charge in [0.05, 0.1) is 21.9 Å². The number of non-ortho nitro benzene ring substituents is 1. The van der Waals surface area contributed by atoms with E-state index in [0.717, 1.165) is 16.3 Å². The summed E-state index contributed by atoms with van der Waals surface area (Å²) in [5, 5.41) is 23.9. The van der Waals surface area contributed by atoms with Crippen molar-refractivity contribution in [2.75, 3.05) is 0 Å². The van der Waals surface area contributed by atoms with Crippen LogP contribution >= 0.6 is 0 Å². The van der Waals surface area contributed by atoms with Crippen molar-refractivity contribution in [3.05, 3.63) is 93.7 Å². The van der Waals surface area contributed by atoms with Gasteiger partial charge in [0, 0.05) is 25.0 Å². The Balaban J connectivity index is 1.71. The first kappa shape index (κ1) is 19.5. The number of rotatable bonds is 4. The highest BCUT2D eigenvalue weighted by Gasteiger charge is 2.26. The lowest BCUT2D eigenvalue weighted by Crippen LogP contribution is -2.21. The van der Waals surface area contributed by atoms with E-state index >= 15 is 0 Å². The molecule has 1 N–H and O–H groups in total. The molecule has 0 atom stereocenters. The Labute approximate surface area is 173 Å². The number of hydrogen-bond donors (Lipinski definition) is 1. The Morgan fingerprint density at radius 2 is 1.73 bits per heavy atom. The van der Waals surface area contributed by atoms with Gasteiger partial charge in [-0.05, 0) is 41.3 Å². The van der Waals surface area contributed by atoms with Crippen molar-refractivity contribution in [1.29, 1.82) is 0 Å². The highest BCUT2D eigenvalue weighted by atomic mass is 16.6. The number of allylic oxidation sites excluding steroid dienone is 2. The topological polar surface area (TPSA) is 92.8 Å². The molecule has 0 spiro atoms. The molecule has 0 aromatic heterocycles. The average molecular weight is 400 g/mol. The molecule has 6 nitrogen and oxygen atoms in total. The van der Waals surface area contributed by atoms with Gasteiger partial charge in [0.25, 0.3) is 5.69 Å². The zero-order valence-electron chi connectivity index (χ0n) is 16.2. The van der Waals surface area contributed by atoms with Crippen LogP contribution in [0.4, 0.5) is 11.4 Å². The first-order valence-corrected chi connectivity index (χ1v) is 9.77. The molecule has 150 valence electrons. The lowest BCUT2D eigenvalue weighted by atomic mass is 9.88. The monoisotopic (exact) mass is 400 g/mol. The van der Waals surface area contributed by atoms with E-state index in [4.69, 9.17) is 0 Å². The van der Waals surface area contributed by atoms with Crippen molar-refractivity contribution in [2.45, 2.75) is 25.7 Å². The highest BCUT2D eigenvalue weighted by Crippen LogP contribution is 2.28. The second-order valence-corrected chi connectivity index (χ2v) is 7.25. The van der Waals surface area contributed by atoms with Crippen LogP contribution in [0.2, 0.25) is 0 Å². The first-order valence-electron chi connectivity index (χ1n) is 9.77. The van der Waals surface area contributed by atoms with Crippen molar-refractivity contribution < 1.29 is 14.8 Å². The van der Waals surface area contributed by atoms with Gasteiger partial charge in [-0.3, -0.25) is 19.9 Å². The van der Waals surface area contributed by atoms with Crippen LogP contribution in [0.5, 0.6) is 0 Å². The smallest absolute Gasteiger partial charge is 0.269 e. The number of Topliss-reactive ketones (excluding diaryl/α,β-unsaturated/α-hetero) is 1. The Kier molecular flexibility index (Phi) is 5.39. The zero-order chi connectivity index (χ0) is 21.1. The number of ketones is 1. The van der Waals surface area contributed by atoms with Crippen molar-refractivity contribution in [1.82, 2.24) is 0 Å². The Morgan fingerprint density at radius 3 is 2.50 bits per heavy atom. The molecule has 3 aromatic carbocycles. The van der Waals surface area contributed by atoms with Gasteiger partial charge >= 0.3 is 0 Å². The van der Waals surface area contributed by atoms with Gasteiger partial charge in [0.15, 0.2) is 5.78 Å². The minimum absolute atomic E-state index is 0.0108. The first-order chi connectivity index (χ1) is 14.5. The third kappa shape index (κ3) is 3.98. The van der Waals surface area contributed by atoms with Gasteiger partial charge in [-0.2, -0.15) is 0 Å². The van der Waals surface area contributed by atoms with Crippen LogP contribution in [0.1, 0.15) is 24.8 Å². The van der Waals surface area contributed by atoms with Crippen molar-refractivity contribution in [3.63, 3.8) is 0 Å². The molecule has 0 unspecified atom stereocenters. The fourth-order valence-electron chi connectivity index (χ4n) is 3.79. The standard InChI is InChI=1S/C24H20N2O4/c27-22-10-4-9-21(25-18-11-13-19(14-12-18)26(29)30)24(22)23(28)15-17-7-3-6-16-5-1-2-8-20(16)17/h1-3,5-8,11-14,28H,4,9-10,15H2/b24-23+,25-21?. The second kappa shape index (κ2) is 8.29. The van der Waals surface area contributed by atoms with Crippen LogP contribution in [0, 0.1) is 10.1 Å². The van der Waals surface area contributed by atoms with E-state index in [9.17, 15) is 20.0 Å². The normalized spacial score (nSPS) is 17.3. The van der Waals surface area contributed by atoms with E-state index in [-0.39, 0.29) is 29.2 Å². The second-order valence-electron chi connectivity index (χ2n) is 7.25. The molecule has 0 aliphatic heterocycles. The van der Waals surface area contributed by atoms with E-state index in [0.29, 0.717) is 30.7 Å². The molecule has 0 radical (unpaired) electrons. The minimum atomic E-state index is -0.470. The van der Waals surface area contributed by atoms with Gasteiger partial charge in [0.1, 0.15) is 5.76 Å². The van der Waals surface area contributed by atoms with Gasteiger partial charge in [-0.1, -0.05) is 42.5 Å². The van der Waals surface area contributed by atoms with Gasteiger partial charge in [-0.25, -0.2) is 0 Å². The molecule has 3 aromatic rings. The number of nitro groups is 1. The number of fused-ring (bicyclic) bond motifs is 1. The van der Waals surface area contributed by atoms with Crippen LogP contribution in [0.15, 0.2) is 83.1 Å². The third-order valence-electron chi connectivity index (χ3n) is 5.24. The number of carbonyl (C=O) groups is 1. The molecular formula is C24H20N2O4. The highest BCUT2D eigenvalue weighted by molar-refractivity contribution is 6.24. The van der Waals surface area contributed by atoms with Crippen LogP contribution in [-0.2, 0) is 11.2 Å². The summed E-state index contributed by atoms with van der Waals surface area (Å²) in [6, 6.07) is 19.7. The predicted octanol–water partition coefficient (Wildman–Crippen LogP) is 5.63. The summed E-state index contributed by atoms with van der Waals surface area (Å²) in [6.45, 7) is 0. The quantitative estimate of drug-likeness (QED) is 0.266. The lowest BCUT2D eigenvalue weighted by Gasteiger charge is -2.18. The number of carbonyl (C=O) groups excluding carboxylic acids is 1. The molecule has 1 aliphatic rings. The molecule has 1 fully saturated rings. The van der Waals surface area contributed by atoms with Crippen molar-refractivity contribution in [3.8, 4) is 0 Å². The SMILES string of the molecule is O=C1CCCC(=Nc2ccc([N+](=O)[O-])cc2)/C1=C(\O)Cc1cccc2ccccc12. The molecule has 1 aliphatic carbocycles. The van der Waals surface area contributed by atoms with E-state index < -0.39 is 4.92 Å². The van der Waals surface area contributed by atoms with E-state index in [1.165, 1.54) is 12.1 Å². The zero-order valence-corrected chi connectivity index (χ0v) is 16.2. The summed E-state index contributed by atoms with van der Waals surface area (Å²) >= 11 is 0. The summed E-state index contributed by atoms with van der Waals surface area (Å²) in [5.74, 6) is -0.114.